The second-order valence-electron chi connectivity index (χ2n) is 6.48. The third-order valence-corrected chi connectivity index (χ3v) is 4.61. The monoisotopic (exact) mass is 332 g/mol. The van der Waals surface area contributed by atoms with Crippen LogP contribution in [0.1, 0.15) is 41.6 Å². The first-order chi connectivity index (χ1) is 11.6. The highest BCUT2D eigenvalue weighted by molar-refractivity contribution is 5.94. The van der Waals surface area contributed by atoms with Crippen molar-refractivity contribution in [3.8, 4) is 0 Å². The molecule has 0 atom stereocenters. The lowest BCUT2D eigenvalue weighted by atomic mass is 9.91. The number of ether oxygens (including phenoxy) is 1. The Kier molecular flexibility index (Phi) is 7.25. The van der Waals surface area contributed by atoms with Crippen molar-refractivity contribution in [2.75, 3.05) is 33.4 Å². The third-order valence-electron chi connectivity index (χ3n) is 4.61. The van der Waals surface area contributed by atoms with Crippen LogP contribution in [-0.4, -0.2) is 50.1 Å². The van der Waals surface area contributed by atoms with E-state index in [9.17, 15) is 9.59 Å². The number of piperidine rings is 1. The van der Waals surface area contributed by atoms with Crippen LogP contribution in [0.4, 0.5) is 0 Å². The van der Waals surface area contributed by atoms with Crippen LogP contribution >= 0.6 is 0 Å². The van der Waals surface area contributed by atoms with Crippen molar-refractivity contribution in [3.05, 3.63) is 35.4 Å². The summed E-state index contributed by atoms with van der Waals surface area (Å²) in [7, 11) is 1.62. The molecule has 5 heteroatoms. The van der Waals surface area contributed by atoms with E-state index in [4.69, 9.17) is 4.74 Å². The van der Waals surface area contributed by atoms with Gasteiger partial charge in [-0.25, -0.2) is 0 Å². The van der Waals surface area contributed by atoms with Gasteiger partial charge < -0.3 is 15.0 Å². The molecule has 0 spiro atoms. The van der Waals surface area contributed by atoms with Gasteiger partial charge in [0.2, 0.25) is 5.91 Å². The third kappa shape index (κ3) is 5.64. The fraction of sp³-hybridized carbons (Fsp3) is 0.579. The Morgan fingerprint density at radius 1 is 1.21 bits per heavy atom. The number of rotatable bonds is 7. The van der Waals surface area contributed by atoms with Crippen molar-refractivity contribution >= 4 is 11.8 Å². The summed E-state index contributed by atoms with van der Waals surface area (Å²) in [6.45, 7) is 4.70. The topological polar surface area (TPSA) is 58.6 Å². The zero-order valence-electron chi connectivity index (χ0n) is 14.7. The average molecular weight is 332 g/mol. The molecule has 0 aromatic heterocycles. The van der Waals surface area contributed by atoms with Gasteiger partial charge in [-0.1, -0.05) is 17.7 Å². The zero-order valence-corrected chi connectivity index (χ0v) is 14.7. The molecule has 0 saturated carbocycles. The quantitative estimate of drug-likeness (QED) is 0.780. The molecule has 1 heterocycles. The van der Waals surface area contributed by atoms with Gasteiger partial charge >= 0.3 is 0 Å². The molecule has 0 radical (unpaired) electrons. The standard InChI is InChI=1S/C19H28N2O3/c1-15-3-6-17(7-4-15)19(23)21-12-9-16(10-13-21)5-8-18(22)20-11-14-24-2/h3-4,6-7,16H,5,8-14H2,1-2H3,(H,20,22). The summed E-state index contributed by atoms with van der Waals surface area (Å²) in [5.74, 6) is 0.733. The molecule has 1 aliphatic heterocycles. The van der Waals surface area contributed by atoms with Crippen molar-refractivity contribution in [1.82, 2.24) is 10.2 Å². The molecule has 1 N–H and O–H groups in total. The molecule has 1 aromatic carbocycles. The molecule has 132 valence electrons. The molecule has 0 bridgehead atoms. The maximum atomic E-state index is 12.5. The minimum Gasteiger partial charge on any atom is -0.383 e. The largest absolute Gasteiger partial charge is 0.383 e. The summed E-state index contributed by atoms with van der Waals surface area (Å²) in [6.07, 6.45) is 3.40. The molecule has 2 amide bonds. The molecule has 1 saturated heterocycles. The lowest BCUT2D eigenvalue weighted by molar-refractivity contribution is -0.121. The van der Waals surface area contributed by atoms with Gasteiger partial charge in [-0.15, -0.1) is 0 Å². The van der Waals surface area contributed by atoms with E-state index >= 15 is 0 Å². The van der Waals surface area contributed by atoms with Crippen LogP contribution < -0.4 is 5.32 Å². The number of nitrogens with one attached hydrogen (secondary N) is 1. The number of aryl methyl sites for hydroxylation is 1. The number of benzene rings is 1. The summed E-state index contributed by atoms with van der Waals surface area (Å²) in [5, 5.41) is 2.85. The fourth-order valence-corrected chi connectivity index (χ4v) is 3.02. The Morgan fingerprint density at radius 3 is 2.50 bits per heavy atom. The van der Waals surface area contributed by atoms with Gasteiger partial charge in [-0.2, -0.15) is 0 Å². The first kappa shape index (κ1) is 18.5. The van der Waals surface area contributed by atoms with Crippen LogP contribution in [0.2, 0.25) is 0 Å². The van der Waals surface area contributed by atoms with Crippen LogP contribution in [0.25, 0.3) is 0 Å². The number of carbonyl (C=O) groups excluding carboxylic acids is 2. The summed E-state index contributed by atoms with van der Waals surface area (Å²) < 4.78 is 4.91. The second-order valence-corrected chi connectivity index (χ2v) is 6.48. The predicted octanol–water partition coefficient (Wildman–Crippen LogP) is 2.39. The van der Waals surface area contributed by atoms with Gasteiger partial charge in [0, 0.05) is 38.7 Å². The minimum atomic E-state index is 0.0882. The molecule has 0 unspecified atom stereocenters. The van der Waals surface area contributed by atoms with Crippen LogP contribution in [0.5, 0.6) is 0 Å². The number of methoxy groups -OCH3 is 1. The molecular formula is C19H28N2O3. The Bertz CT molecular complexity index is 534. The van der Waals surface area contributed by atoms with Gasteiger partial charge in [0.25, 0.3) is 5.91 Å². The van der Waals surface area contributed by atoms with Gasteiger partial charge in [0.1, 0.15) is 0 Å². The van der Waals surface area contributed by atoms with Gasteiger partial charge in [0.15, 0.2) is 0 Å². The van der Waals surface area contributed by atoms with E-state index in [-0.39, 0.29) is 11.8 Å². The number of likely N-dealkylation sites (tertiary alicyclic amines) is 1. The lowest BCUT2D eigenvalue weighted by Gasteiger charge is -2.32. The smallest absolute Gasteiger partial charge is 0.253 e. The van der Waals surface area contributed by atoms with Crippen molar-refractivity contribution in [2.24, 2.45) is 5.92 Å². The highest BCUT2D eigenvalue weighted by Gasteiger charge is 2.23. The molecular weight excluding hydrogens is 304 g/mol. The van der Waals surface area contributed by atoms with E-state index in [1.165, 1.54) is 0 Å². The molecule has 2 rings (SSSR count). The molecule has 1 aliphatic rings. The second kappa shape index (κ2) is 9.42. The molecule has 1 fully saturated rings. The Hall–Kier alpha value is -1.88. The highest BCUT2D eigenvalue weighted by Crippen LogP contribution is 2.23. The maximum absolute atomic E-state index is 12.5. The van der Waals surface area contributed by atoms with Crippen LogP contribution in [-0.2, 0) is 9.53 Å². The minimum absolute atomic E-state index is 0.0882. The van der Waals surface area contributed by atoms with Crippen molar-refractivity contribution in [3.63, 3.8) is 0 Å². The highest BCUT2D eigenvalue weighted by atomic mass is 16.5. The molecule has 1 aromatic rings. The van der Waals surface area contributed by atoms with E-state index in [1.54, 1.807) is 7.11 Å². The predicted molar refractivity (Wildman–Crippen MR) is 93.9 cm³/mol. The Labute approximate surface area is 144 Å². The maximum Gasteiger partial charge on any atom is 0.253 e. The number of carbonyl (C=O) groups is 2. The van der Waals surface area contributed by atoms with Gasteiger partial charge in [-0.05, 0) is 44.2 Å². The number of hydrogen-bond acceptors (Lipinski definition) is 3. The van der Waals surface area contributed by atoms with Crippen LogP contribution in [0, 0.1) is 12.8 Å². The number of amides is 2. The lowest BCUT2D eigenvalue weighted by Crippen LogP contribution is -2.38. The zero-order chi connectivity index (χ0) is 17.4. The van der Waals surface area contributed by atoms with E-state index in [2.05, 4.69) is 5.32 Å². The summed E-state index contributed by atoms with van der Waals surface area (Å²) in [6, 6.07) is 7.74. The first-order valence-electron chi connectivity index (χ1n) is 8.71. The molecule has 0 aliphatic carbocycles. The fourth-order valence-electron chi connectivity index (χ4n) is 3.02. The number of nitrogens with zero attached hydrogens (tertiary/aromatic N) is 1. The van der Waals surface area contributed by atoms with E-state index in [0.717, 1.165) is 43.5 Å². The number of hydrogen-bond donors (Lipinski definition) is 1. The summed E-state index contributed by atoms with van der Waals surface area (Å²) in [5.41, 5.74) is 1.92. The average Bonchev–Trinajstić information content (AvgIpc) is 2.61. The van der Waals surface area contributed by atoms with Crippen molar-refractivity contribution < 1.29 is 14.3 Å². The SMILES string of the molecule is COCCNC(=O)CCC1CCN(C(=O)c2ccc(C)cc2)CC1. The van der Waals surface area contributed by atoms with E-state index in [1.807, 2.05) is 36.1 Å². The van der Waals surface area contributed by atoms with E-state index in [0.29, 0.717) is 25.5 Å². The first-order valence-corrected chi connectivity index (χ1v) is 8.71. The van der Waals surface area contributed by atoms with Crippen LogP contribution in [0.15, 0.2) is 24.3 Å². The Balaban J connectivity index is 1.70. The molecule has 24 heavy (non-hydrogen) atoms. The Morgan fingerprint density at radius 2 is 1.88 bits per heavy atom. The normalized spacial score (nSPS) is 15.3. The van der Waals surface area contributed by atoms with Gasteiger partial charge in [0.05, 0.1) is 6.61 Å². The van der Waals surface area contributed by atoms with Crippen LogP contribution in [0.3, 0.4) is 0 Å². The van der Waals surface area contributed by atoms with E-state index < -0.39 is 0 Å². The molecule has 5 nitrogen and oxygen atoms in total. The van der Waals surface area contributed by atoms with Gasteiger partial charge in [-0.3, -0.25) is 9.59 Å². The summed E-state index contributed by atoms with van der Waals surface area (Å²) >= 11 is 0. The summed E-state index contributed by atoms with van der Waals surface area (Å²) in [4.78, 5) is 26.1. The van der Waals surface area contributed by atoms with Crippen molar-refractivity contribution in [1.29, 1.82) is 0 Å². The van der Waals surface area contributed by atoms with Crippen molar-refractivity contribution in [2.45, 2.75) is 32.6 Å².